The predicted octanol–water partition coefficient (Wildman–Crippen LogP) is 3.68. The second kappa shape index (κ2) is 4.38. The molecule has 0 aliphatic heterocycles. The fourth-order valence-corrected chi connectivity index (χ4v) is 2.65. The maximum Gasteiger partial charge on any atom is 0.118 e. The average Bonchev–Trinajstić information content (AvgIpc) is 2.78. The van der Waals surface area contributed by atoms with Crippen LogP contribution in [-0.2, 0) is 0 Å². The Morgan fingerprint density at radius 1 is 1.17 bits per heavy atom. The van der Waals surface area contributed by atoms with Crippen LogP contribution in [0.5, 0.6) is 5.75 Å². The van der Waals surface area contributed by atoms with E-state index < -0.39 is 0 Å². The van der Waals surface area contributed by atoms with Crippen molar-refractivity contribution in [2.24, 2.45) is 0 Å². The number of methoxy groups -OCH3 is 1. The summed E-state index contributed by atoms with van der Waals surface area (Å²) in [4.78, 5) is 8.96. The molecular formula is C14H12N2OS. The van der Waals surface area contributed by atoms with Gasteiger partial charge in [0.2, 0.25) is 0 Å². The molecule has 0 fully saturated rings. The number of ether oxygens (including phenoxy) is 1. The standard InChI is InChI=1S/C14H12N2OS/c1-9-16-13-7-12(15-8-14(13)18-9)10-3-5-11(17-2)6-4-10/h3-8H,1-2H3. The molecule has 2 aromatic heterocycles. The number of fused-ring (bicyclic) bond motifs is 1. The van der Waals surface area contributed by atoms with Crippen LogP contribution >= 0.6 is 11.3 Å². The van der Waals surface area contributed by atoms with Crippen molar-refractivity contribution >= 4 is 21.6 Å². The quantitative estimate of drug-likeness (QED) is 0.701. The minimum atomic E-state index is 0.851. The van der Waals surface area contributed by atoms with Gasteiger partial charge < -0.3 is 4.74 Å². The van der Waals surface area contributed by atoms with Crippen molar-refractivity contribution in [1.29, 1.82) is 0 Å². The summed E-state index contributed by atoms with van der Waals surface area (Å²) in [6.45, 7) is 2.01. The Bertz CT molecular complexity index is 689. The lowest BCUT2D eigenvalue weighted by Gasteiger charge is -2.02. The minimum absolute atomic E-state index is 0.851. The molecule has 18 heavy (non-hydrogen) atoms. The number of pyridine rings is 1. The molecule has 0 saturated heterocycles. The second-order valence-electron chi connectivity index (χ2n) is 4.00. The molecule has 0 atom stereocenters. The lowest BCUT2D eigenvalue weighted by atomic mass is 10.1. The van der Waals surface area contributed by atoms with E-state index in [0.717, 1.165) is 32.2 Å². The molecule has 3 aromatic rings. The van der Waals surface area contributed by atoms with Crippen molar-refractivity contribution < 1.29 is 4.74 Å². The molecule has 0 aliphatic rings. The first kappa shape index (κ1) is 11.2. The lowest BCUT2D eigenvalue weighted by molar-refractivity contribution is 0.415. The molecular weight excluding hydrogens is 244 g/mol. The first-order chi connectivity index (χ1) is 8.76. The van der Waals surface area contributed by atoms with E-state index in [4.69, 9.17) is 4.74 Å². The fourth-order valence-electron chi connectivity index (χ4n) is 1.87. The Hall–Kier alpha value is -1.94. The van der Waals surface area contributed by atoms with Crippen LogP contribution in [0.1, 0.15) is 5.01 Å². The molecule has 4 heteroatoms. The zero-order valence-corrected chi connectivity index (χ0v) is 11.0. The number of benzene rings is 1. The molecule has 3 nitrogen and oxygen atoms in total. The van der Waals surface area contributed by atoms with Gasteiger partial charge in [0.25, 0.3) is 0 Å². The highest BCUT2D eigenvalue weighted by atomic mass is 32.1. The van der Waals surface area contributed by atoms with E-state index in [2.05, 4.69) is 9.97 Å². The normalized spacial score (nSPS) is 10.8. The topological polar surface area (TPSA) is 35.0 Å². The van der Waals surface area contributed by atoms with Gasteiger partial charge in [0.05, 0.1) is 28.0 Å². The largest absolute Gasteiger partial charge is 0.497 e. The number of rotatable bonds is 2. The molecule has 0 amide bonds. The van der Waals surface area contributed by atoms with E-state index >= 15 is 0 Å². The monoisotopic (exact) mass is 256 g/mol. The van der Waals surface area contributed by atoms with Crippen molar-refractivity contribution in [3.63, 3.8) is 0 Å². The highest BCUT2D eigenvalue weighted by molar-refractivity contribution is 7.18. The fraction of sp³-hybridized carbons (Fsp3) is 0.143. The summed E-state index contributed by atoms with van der Waals surface area (Å²) < 4.78 is 6.28. The number of nitrogens with zero attached hydrogens (tertiary/aromatic N) is 2. The highest BCUT2D eigenvalue weighted by Gasteiger charge is 2.05. The predicted molar refractivity (Wildman–Crippen MR) is 74.1 cm³/mol. The Kier molecular flexibility index (Phi) is 2.72. The Balaban J connectivity index is 2.06. The SMILES string of the molecule is COc1ccc(-c2cc3nc(C)sc3cn2)cc1. The molecule has 0 spiro atoms. The van der Waals surface area contributed by atoms with Crippen molar-refractivity contribution in [3.05, 3.63) is 41.5 Å². The molecule has 0 N–H and O–H groups in total. The van der Waals surface area contributed by atoms with E-state index in [9.17, 15) is 0 Å². The summed E-state index contributed by atoms with van der Waals surface area (Å²) in [5.74, 6) is 0.851. The third-order valence-corrected chi connectivity index (χ3v) is 3.69. The maximum atomic E-state index is 5.15. The summed E-state index contributed by atoms with van der Waals surface area (Å²) in [5.41, 5.74) is 3.03. The third kappa shape index (κ3) is 1.95. The van der Waals surface area contributed by atoms with E-state index in [1.807, 2.05) is 43.5 Å². The van der Waals surface area contributed by atoms with Crippen molar-refractivity contribution in [2.75, 3.05) is 7.11 Å². The molecule has 0 bridgehead atoms. The Labute approximate surface area is 109 Å². The average molecular weight is 256 g/mol. The zero-order chi connectivity index (χ0) is 12.5. The van der Waals surface area contributed by atoms with Crippen LogP contribution in [0.15, 0.2) is 36.5 Å². The molecule has 2 heterocycles. The number of thiazole rings is 1. The first-order valence-corrected chi connectivity index (χ1v) is 6.45. The van der Waals surface area contributed by atoms with E-state index in [1.54, 1.807) is 18.4 Å². The molecule has 90 valence electrons. The summed E-state index contributed by atoms with van der Waals surface area (Å²) >= 11 is 1.67. The van der Waals surface area contributed by atoms with Crippen LogP contribution < -0.4 is 4.74 Å². The number of hydrogen-bond acceptors (Lipinski definition) is 4. The summed E-state index contributed by atoms with van der Waals surface area (Å²) in [6, 6.07) is 9.92. The molecule has 0 saturated carbocycles. The molecule has 0 unspecified atom stereocenters. The molecule has 0 aliphatic carbocycles. The van der Waals surface area contributed by atoms with Crippen LogP contribution in [0, 0.1) is 6.92 Å². The van der Waals surface area contributed by atoms with Gasteiger partial charge in [-0.3, -0.25) is 4.98 Å². The minimum Gasteiger partial charge on any atom is -0.497 e. The van der Waals surface area contributed by atoms with E-state index in [1.165, 1.54) is 0 Å². The van der Waals surface area contributed by atoms with Crippen LogP contribution in [0.3, 0.4) is 0 Å². The van der Waals surface area contributed by atoms with Crippen molar-refractivity contribution in [2.45, 2.75) is 6.92 Å². The van der Waals surface area contributed by atoms with Gasteiger partial charge >= 0.3 is 0 Å². The van der Waals surface area contributed by atoms with Crippen LogP contribution in [0.2, 0.25) is 0 Å². The van der Waals surface area contributed by atoms with E-state index in [-0.39, 0.29) is 0 Å². The molecule has 0 radical (unpaired) electrons. The van der Waals surface area contributed by atoms with Gasteiger partial charge in [0, 0.05) is 11.8 Å². The Morgan fingerprint density at radius 3 is 2.67 bits per heavy atom. The summed E-state index contributed by atoms with van der Waals surface area (Å²) in [7, 11) is 1.66. The third-order valence-electron chi connectivity index (χ3n) is 2.77. The van der Waals surface area contributed by atoms with Gasteiger partial charge in [-0.2, -0.15) is 0 Å². The Morgan fingerprint density at radius 2 is 1.94 bits per heavy atom. The number of aromatic nitrogens is 2. The van der Waals surface area contributed by atoms with Gasteiger partial charge in [-0.05, 0) is 37.3 Å². The second-order valence-corrected chi connectivity index (χ2v) is 5.23. The van der Waals surface area contributed by atoms with Gasteiger partial charge in [-0.1, -0.05) is 0 Å². The number of hydrogen-bond donors (Lipinski definition) is 0. The van der Waals surface area contributed by atoms with Crippen LogP contribution in [0.4, 0.5) is 0 Å². The van der Waals surface area contributed by atoms with Crippen molar-refractivity contribution in [3.8, 4) is 17.0 Å². The maximum absolute atomic E-state index is 5.15. The lowest BCUT2D eigenvalue weighted by Crippen LogP contribution is -1.85. The van der Waals surface area contributed by atoms with Gasteiger partial charge in [0.15, 0.2) is 0 Å². The smallest absolute Gasteiger partial charge is 0.118 e. The van der Waals surface area contributed by atoms with Gasteiger partial charge in [-0.25, -0.2) is 4.98 Å². The zero-order valence-electron chi connectivity index (χ0n) is 10.2. The van der Waals surface area contributed by atoms with Crippen LogP contribution in [0.25, 0.3) is 21.5 Å². The summed E-state index contributed by atoms with van der Waals surface area (Å²) in [5, 5.41) is 1.07. The van der Waals surface area contributed by atoms with Crippen LogP contribution in [-0.4, -0.2) is 17.1 Å². The highest BCUT2D eigenvalue weighted by Crippen LogP contribution is 2.26. The summed E-state index contributed by atoms with van der Waals surface area (Å²) in [6.07, 6.45) is 1.89. The van der Waals surface area contributed by atoms with Gasteiger partial charge in [-0.15, -0.1) is 11.3 Å². The first-order valence-electron chi connectivity index (χ1n) is 5.64. The van der Waals surface area contributed by atoms with Crippen molar-refractivity contribution in [1.82, 2.24) is 9.97 Å². The number of aryl methyl sites for hydroxylation is 1. The van der Waals surface area contributed by atoms with Gasteiger partial charge in [0.1, 0.15) is 5.75 Å². The molecule has 3 rings (SSSR count). The van der Waals surface area contributed by atoms with E-state index in [0.29, 0.717) is 0 Å². The molecule has 1 aromatic carbocycles.